The van der Waals surface area contributed by atoms with Crippen LogP contribution in [-0.2, 0) is 38.5 Å². The summed E-state index contributed by atoms with van der Waals surface area (Å²) in [7, 11) is 0. The Morgan fingerprint density at radius 3 is 1.32 bits per heavy atom. The van der Waals surface area contributed by atoms with Crippen LogP contribution in [0, 0.1) is 0 Å². The van der Waals surface area contributed by atoms with Crippen molar-refractivity contribution < 1.29 is 48.8 Å². The molecule has 0 aromatic heterocycles. The maximum Gasteiger partial charge on any atom is 2.00 e. The van der Waals surface area contributed by atoms with Crippen LogP contribution in [0.4, 0.5) is 0 Å². The molecule has 7 heteroatoms. The van der Waals surface area contributed by atoms with Crippen molar-refractivity contribution in [1.29, 1.82) is 0 Å². The largest absolute Gasteiger partial charge is 2.00 e. The van der Waals surface area contributed by atoms with Gasteiger partial charge in [-0.2, -0.15) is 0 Å². The van der Waals surface area contributed by atoms with Gasteiger partial charge in [0.15, 0.2) is 0 Å². The second-order valence-corrected chi connectivity index (χ2v) is 3.01. The molecule has 0 bridgehead atoms. The smallest absolute Gasteiger partial charge is 0.875 e. The number of rotatable bonds is 4. The van der Waals surface area contributed by atoms with Gasteiger partial charge in [0.2, 0.25) is 0 Å². The SMILES string of the molecule is CCOC(=O)/C=C(/C)[O-].CCOC(=O)/C=C(\C)[O-].[Zn+2]. The van der Waals surface area contributed by atoms with Crippen LogP contribution >= 0.6 is 0 Å². The van der Waals surface area contributed by atoms with Crippen LogP contribution in [0.25, 0.3) is 0 Å². The molecule has 0 aromatic carbocycles. The minimum absolute atomic E-state index is 0. The minimum Gasteiger partial charge on any atom is -0.875 e. The Kier molecular flexibility index (Phi) is 17.6. The van der Waals surface area contributed by atoms with E-state index < -0.39 is 11.9 Å². The zero-order valence-corrected chi connectivity index (χ0v) is 14.7. The van der Waals surface area contributed by atoms with Gasteiger partial charge in [-0.25, -0.2) is 9.59 Å². The summed E-state index contributed by atoms with van der Waals surface area (Å²) in [4.78, 5) is 20.7. The number of carbonyl (C=O) groups excluding carboxylic acids is 2. The summed E-state index contributed by atoms with van der Waals surface area (Å²) in [5, 5.41) is 20.3. The van der Waals surface area contributed by atoms with E-state index in [1.54, 1.807) is 13.8 Å². The first-order valence-corrected chi connectivity index (χ1v) is 5.37. The second-order valence-electron chi connectivity index (χ2n) is 3.01. The number of ether oxygens (including phenoxy) is 2. The number of hydrogen-bond acceptors (Lipinski definition) is 6. The fraction of sp³-hybridized carbons (Fsp3) is 0.500. The molecule has 0 aromatic rings. The third-order valence-corrected chi connectivity index (χ3v) is 1.22. The Balaban J connectivity index is -0.000000256. The van der Waals surface area contributed by atoms with Crippen LogP contribution in [0.5, 0.6) is 0 Å². The Bertz CT molecular complexity index is 282. The second kappa shape index (κ2) is 14.7. The van der Waals surface area contributed by atoms with E-state index in [0.717, 1.165) is 12.2 Å². The van der Waals surface area contributed by atoms with E-state index in [2.05, 4.69) is 9.47 Å². The van der Waals surface area contributed by atoms with E-state index in [-0.39, 0.29) is 31.0 Å². The predicted molar refractivity (Wildman–Crippen MR) is 60.8 cm³/mol. The van der Waals surface area contributed by atoms with Gasteiger partial charge in [0.05, 0.1) is 13.2 Å². The minimum atomic E-state index is -0.565. The van der Waals surface area contributed by atoms with Gasteiger partial charge in [0.25, 0.3) is 0 Å². The molecule has 0 spiro atoms. The molecular weight excluding hydrogens is 306 g/mol. The average Bonchev–Trinajstić information content (AvgIpc) is 2.16. The van der Waals surface area contributed by atoms with E-state index in [4.69, 9.17) is 0 Å². The van der Waals surface area contributed by atoms with E-state index in [1.807, 2.05) is 0 Å². The molecule has 0 radical (unpaired) electrons. The topological polar surface area (TPSA) is 98.7 Å². The predicted octanol–water partition coefficient (Wildman–Crippen LogP) is -0.375. The zero-order chi connectivity index (χ0) is 14.6. The Labute approximate surface area is 125 Å². The normalized spacial score (nSPS) is 10.5. The molecule has 0 saturated carbocycles. The molecule has 0 N–H and O–H groups in total. The summed E-state index contributed by atoms with van der Waals surface area (Å²) < 4.78 is 8.87. The fourth-order valence-corrected chi connectivity index (χ4v) is 0.700. The van der Waals surface area contributed by atoms with Crippen LogP contribution in [0.3, 0.4) is 0 Å². The van der Waals surface area contributed by atoms with Crippen LogP contribution in [0.15, 0.2) is 23.7 Å². The van der Waals surface area contributed by atoms with E-state index in [9.17, 15) is 19.8 Å². The maximum absolute atomic E-state index is 10.4. The van der Waals surface area contributed by atoms with E-state index >= 15 is 0 Å². The van der Waals surface area contributed by atoms with Gasteiger partial charge < -0.3 is 19.7 Å². The molecule has 104 valence electrons. The number of esters is 2. The molecule has 0 fully saturated rings. The first-order valence-electron chi connectivity index (χ1n) is 5.37. The van der Waals surface area contributed by atoms with Gasteiger partial charge in [-0.05, 0) is 13.8 Å². The monoisotopic (exact) mass is 322 g/mol. The molecule has 0 unspecified atom stereocenters. The number of carbonyl (C=O) groups is 2. The van der Waals surface area contributed by atoms with Crippen molar-refractivity contribution in [2.24, 2.45) is 0 Å². The quantitative estimate of drug-likeness (QED) is 0.303. The van der Waals surface area contributed by atoms with Crippen LogP contribution in [-0.4, -0.2) is 25.2 Å². The Morgan fingerprint density at radius 1 is 0.895 bits per heavy atom. The fourth-order valence-electron chi connectivity index (χ4n) is 0.700. The summed E-state index contributed by atoms with van der Waals surface area (Å²) in [5.74, 6) is -1.70. The van der Waals surface area contributed by atoms with Crippen LogP contribution in [0.1, 0.15) is 27.7 Å². The van der Waals surface area contributed by atoms with Crippen molar-refractivity contribution in [1.82, 2.24) is 0 Å². The third-order valence-electron chi connectivity index (χ3n) is 1.22. The molecule has 0 aliphatic carbocycles. The molecule has 0 aliphatic heterocycles. The zero-order valence-electron chi connectivity index (χ0n) is 11.7. The molecule has 6 nitrogen and oxygen atoms in total. The van der Waals surface area contributed by atoms with Crippen molar-refractivity contribution in [3.63, 3.8) is 0 Å². The molecule has 0 atom stereocenters. The first kappa shape index (κ1) is 22.8. The molecule has 0 amide bonds. The van der Waals surface area contributed by atoms with E-state index in [1.165, 1.54) is 13.8 Å². The van der Waals surface area contributed by atoms with Crippen molar-refractivity contribution >= 4 is 11.9 Å². The third kappa shape index (κ3) is 22.3. The van der Waals surface area contributed by atoms with Gasteiger partial charge >= 0.3 is 31.4 Å². The molecule has 0 rings (SSSR count). The van der Waals surface area contributed by atoms with Crippen molar-refractivity contribution in [2.45, 2.75) is 27.7 Å². The maximum atomic E-state index is 10.4. The summed E-state index contributed by atoms with van der Waals surface area (Å²) in [6.45, 7) is 6.59. The average molecular weight is 324 g/mol. The Morgan fingerprint density at radius 2 is 1.16 bits per heavy atom. The molecule has 0 heterocycles. The first-order chi connectivity index (χ1) is 8.33. The van der Waals surface area contributed by atoms with Crippen LogP contribution < -0.4 is 10.2 Å². The summed E-state index contributed by atoms with van der Waals surface area (Å²) in [6.07, 6.45) is 1.84. The van der Waals surface area contributed by atoms with Crippen molar-refractivity contribution in [3.05, 3.63) is 23.7 Å². The summed E-state index contributed by atoms with van der Waals surface area (Å²) in [6, 6.07) is 0. The van der Waals surface area contributed by atoms with Gasteiger partial charge in [0, 0.05) is 12.2 Å². The van der Waals surface area contributed by atoms with Crippen molar-refractivity contribution in [3.8, 4) is 0 Å². The molecular formula is C12H18O6Zn. The molecule has 0 aliphatic rings. The van der Waals surface area contributed by atoms with Gasteiger partial charge in [-0.15, -0.1) is 11.5 Å². The summed E-state index contributed by atoms with van der Waals surface area (Å²) >= 11 is 0. The Hall–Kier alpha value is -1.36. The molecule has 0 saturated heterocycles. The molecule has 19 heavy (non-hydrogen) atoms. The summed E-state index contributed by atoms with van der Waals surface area (Å²) in [5.41, 5.74) is 0. The van der Waals surface area contributed by atoms with Gasteiger partial charge in [-0.3, -0.25) is 0 Å². The number of allylic oxidation sites excluding steroid dienone is 2. The van der Waals surface area contributed by atoms with Gasteiger partial charge in [-0.1, -0.05) is 13.8 Å². The van der Waals surface area contributed by atoms with E-state index in [0.29, 0.717) is 13.2 Å². The van der Waals surface area contributed by atoms with Crippen molar-refractivity contribution in [2.75, 3.05) is 13.2 Å². The standard InChI is InChI=1S/2C6H10O3.Zn/c2*1-3-9-6(8)4-5(2)7;/h2*4,7H,3H2,1-2H3;/q;;+2/p-2/b5-4+;5-4-;. The number of hydrogen-bond donors (Lipinski definition) is 0. The van der Waals surface area contributed by atoms with Gasteiger partial charge in [0.1, 0.15) is 0 Å². The van der Waals surface area contributed by atoms with Crippen LogP contribution in [0.2, 0.25) is 0 Å².